The van der Waals surface area contributed by atoms with Crippen LogP contribution in [0.3, 0.4) is 0 Å². The quantitative estimate of drug-likeness (QED) is 0.520. The van der Waals surface area contributed by atoms with E-state index < -0.39 is 30.0 Å². The first-order valence-corrected chi connectivity index (χ1v) is 11.3. The van der Waals surface area contributed by atoms with E-state index in [1.807, 2.05) is 44.2 Å². The summed E-state index contributed by atoms with van der Waals surface area (Å²) in [5.41, 5.74) is 1.85. The number of benzene rings is 3. The molecule has 0 saturated carbocycles. The zero-order valence-corrected chi connectivity index (χ0v) is 19.4. The summed E-state index contributed by atoms with van der Waals surface area (Å²) in [5.74, 6) is -1.51. The van der Waals surface area contributed by atoms with E-state index in [2.05, 4.69) is 10.6 Å². The number of rotatable bonds is 7. The number of hydrogen-bond donors (Lipinski definition) is 2. The lowest BCUT2D eigenvalue weighted by atomic mass is 10.00. The van der Waals surface area contributed by atoms with Crippen LogP contribution in [-0.4, -0.2) is 34.9 Å². The first kappa shape index (κ1) is 23.9. The van der Waals surface area contributed by atoms with Crippen LogP contribution in [0.25, 0.3) is 0 Å². The van der Waals surface area contributed by atoms with Crippen molar-refractivity contribution >= 4 is 23.6 Å². The summed E-state index contributed by atoms with van der Waals surface area (Å²) in [6.07, 6.45) is -1.42. The van der Waals surface area contributed by atoms with Crippen LogP contribution in [0.4, 0.5) is 14.9 Å². The molecule has 0 spiro atoms. The Labute approximate surface area is 202 Å². The van der Waals surface area contributed by atoms with Crippen LogP contribution in [0.2, 0.25) is 0 Å². The number of carbonyl (C=O) groups excluding carboxylic acids is 3. The van der Waals surface area contributed by atoms with Crippen LogP contribution in [0.1, 0.15) is 41.4 Å². The zero-order chi connectivity index (χ0) is 24.9. The van der Waals surface area contributed by atoms with Crippen molar-refractivity contribution in [3.05, 3.63) is 101 Å². The third-order valence-corrected chi connectivity index (χ3v) is 5.60. The van der Waals surface area contributed by atoms with Crippen LogP contribution in [0, 0.1) is 5.82 Å². The number of carbonyl (C=O) groups is 3. The van der Waals surface area contributed by atoms with Gasteiger partial charge in [0.2, 0.25) is 5.91 Å². The molecule has 7 nitrogen and oxygen atoms in total. The van der Waals surface area contributed by atoms with E-state index in [4.69, 9.17) is 4.74 Å². The van der Waals surface area contributed by atoms with Crippen molar-refractivity contribution in [2.45, 2.75) is 38.6 Å². The molecule has 8 heteroatoms. The highest BCUT2D eigenvalue weighted by molar-refractivity contribution is 6.04. The summed E-state index contributed by atoms with van der Waals surface area (Å²) in [5, 5.41) is 5.53. The van der Waals surface area contributed by atoms with Crippen molar-refractivity contribution < 1.29 is 23.5 Å². The fourth-order valence-corrected chi connectivity index (χ4v) is 3.96. The van der Waals surface area contributed by atoms with Gasteiger partial charge in [0.1, 0.15) is 5.82 Å². The minimum Gasteiger partial charge on any atom is -0.438 e. The van der Waals surface area contributed by atoms with E-state index >= 15 is 0 Å². The van der Waals surface area contributed by atoms with Crippen LogP contribution in [0.5, 0.6) is 0 Å². The van der Waals surface area contributed by atoms with Crippen LogP contribution < -0.4 is 10.6 Å². The maximum atomic E-state index is 13.9. The molecule has 1 aliphatic rings. The fourth-order valence-electron chi connectivity index (χ4n) is 3.96. The predicted molar refractivity (Wildman–Crippen MR) is 129 cm³/mol. The molecule has 1 fully saturated rings. The molecule has 0 aliphatic carbocycles. The Kier molecular flexibility index (Phi) is 7.10. The summed E-state index contributed by atoms with van der Waals surface area (Å²) >= 11 is 0. The predicted octanol–water partition coefficient (Wildman–Crippen LogP) is 4.66. The number of amides is 3. The molecule has 3 aromatic carbocycles. The summed E-state index contributed by atoms with van der Waals surface area (Å²) in [7, 11) is 0. The molecule has 0 aromatic heterocycles. The van der Waals surface area contributed by atoms with E-state index in [1.165, 1.54) is 23.1 Å². The van der Waals surface area contributed by atoms with Crippen LogP contribution in [-0.2, 0) is 16.1 Å². The maximum absolute atomic E-state index is 13.9. The molecule has 180 valence electrons. The van der Waals surface area contributed by atoms with Crippen LogP contribution in [0.15, 0.2) is 78.9 Å². The monoisotopic (exact) mass is 475 g/mol. The Morgan fingerprint density at radius 1 is 0.971 bits per heavy atom. The SMILES string of the molecule is CC(C)NC(=O)C1C(c2ccc(NC(=O)c3ccccc3F)cc2)OC(=O)N1Cc1ccccc1. The molecule has 0 radical (unpaired) electrons. The maximum Gasteiger partial charge on any atom is 0.411 e. The van der Waals surface area contributed by atoms with Gasteiger partial charge in [-0.05, 0) is 49.2 Å². The molecule has 3 aromatic rings. The lowest BCUT2D eigenvalue weighted by Gasteiger charge is -2.25. The highest BCUT2D eigenvalue weighted by atomic mass is 19.1. The topological polar surface area (TPSA) is 87.7 Å². The van der Waals surface area contributed by atoms with Crippen molar-refractivity contribution in [2.75, 3.05) is 5.32 Å². The number of hydrogen-bond acceptors (Lipinski definition) is 4. The average Bonchev–Trinajstić information content (AvgIpc) is 3.16. The number of nitrogens with zero attached hydrogens (tertiary/aromatic N) is 1. The molecule has 2 atom stereocenters. The second kappa shape index (κ2) is 10.4. The van der Waals surface area contributed by atoms with Gasteiger partial charge in [-0.25, -0.2) is 9.18 Å². The largest absolute Gasteiger partial charge is 0.438 e. The summed E-state index contributed by atoms with van der Waals surface area (Å²) in [6, 6.07) is 20.7. The molecule has 3 amide bonds. The first-order valence-electron chi connectivity index (χ1n) is 11.3. The number of nitrogens with one attached hydrogen (secondary N) is 2. The van der Waals surface area contributed by atoms with Gasteiger partial charge in [0.25, 0.3) is 5.91 Å². The highest BCUT2D eigenvalue weighted by Gasteiger charge is 2.47. The Morgan fingerprint density at radius 3 is 2.29 bits per heavy atom. The molecule has 2 unspecified atom stereocenters. The molecule has 1 aliphatic heterocycles. The summed E-state index contributed by atoms with van der Waals surface area (Å²) in [4.78, 5) is 39.7. The number of halogens is 1. The third-order valence-electron chi connectivity index (χ3n) is 5.60. The van der Waals surface area contributed by atoms with Crippen molar-refractivity contribution in [2.24, 2.45) is 0 Å². The van der Waals surface area contributed by atoms with E-state index in [1.54, 1.807) is 30.3 Å². The average molecular weight is 476 g/mol. The highest BCUT2D eigenvalue weighted by Crippen LogP contribution is 2.34. The summed E-state index contributed by atoms with van der Waals surface area (Å²) in [6.45, 7) is 3.92. The van der Waals surface area contributed by atoms with E-state index in [9.17, 15) is 18.8 Å². The van der Waals surface area contributed by atoms with E-state index in [0.29, 0.717) is 11.3 Å². The molecule has 1 heterocycles. The summed E-state index contributed by atoms with van der Waals surface area (Å²) < 4.78 is 19.5. The van der Waals surface area contributed by atoms with Gasteiger partial charge in [-0.2, -0.15) is 0 Å². The van der Waals surface area contributed by atoms with Gasteiger partial charge in [0, 0.05) is 11.7 Å². The van der Waals surface area contributed by atoms with Gasteiger partial charge < -0.3 is 15.4 Å². The van der Waals surface area contributed by atoms with Crippen molar-refractivity contribution in [1.29, 1.82) is 0 Å². The molecule has 35 heavy (non-hydrogen) atoms. The van der Waals surface area contributed by atoms with Gasteiger partial charge in [-0.15, -0.1) is 0 Å². The minimum atomic E-state index is -0.871. The fraction of sp³-hybridized carbons (Fsp3) is 0.222. The first-order chi connectivity index (χ1) is 16.8. The molecular formula is C27H26FN3O4. The van der Waals surface area contributed by atoms with Crippen molar-refractivity contribution in [3.63, 3.8) is 0 Å². The molecule has 1 saturated heterocycles. The Hall–Kier alpha value is -4.20. The third kappa shape index (κ3) is 5.48. The van der Waals surface area contributed by atoms with Gasteiger partial charge in [0.15, 0.2) is 12.1 Å². The lowest BCUT2D eigenvalue weighted by molar-refractivity contribution is -0.126. The van der Waals surface area contributed by atoms with Gasteiger partial charge in [0.05, 0.1) is 12.1 Å². The number of anilines is 1. The molecule has 4 rings (SSSR count). The van der Waals surface area contributed by atoms with Crippen molar-refractivity contribution in [3.8, 4) is 0 Å². The lowest BCUT2D eigenvalue weighted by Crippen LogP contribution is -2.48. The van der Waals surface area contributed by atoms with Gasteiger partial charge in [-0.3, -0.25) is 14.5 Å². The second-order valence-corrected chi connectivity index (χ2v) is 8.58. The smallest absolute Gasteiger partial charge is 0.411 e. The van der Waals surface area contributed by atoms with Crippen molar-refractivity contribution in [1.82, 2.24) is 10.2 Å². The standard InChI is InChI=1S/C27H26FN3O4/c1-17(2)29-26(33)23-24(35-27(34)31(23)16-18-8-4-3-5-9-18)19-12-14-20(15-13-19)30-25(32)21-10-6-7-11-22(21)28/h3-15,17,23-24H,16H2,1-2H3,(H,29,33)(H,30,32). The minimum absolute atomic E-state index is 0.0664. The van der Waals surface area contributed by atoms with Gasteiger partial charge in [-0.1, -0.05) is 54.6 Å². The Morgan fingerprint density at radius 2 is 1.63 bits per heavy atom. The second-order valence-electron chi connectivity index (χ2n) is 8.58. The zero-order valence-electron chi connectivity index (χ0n) is 19.4. The van der Waals surface area contributed by atoms with Crippen LogP contribution >= 0.6 is 0 Å². The normalized spacial score (nSPS) is 17.3. The van der Waals surface area contributed by atoms with Gasteiger partial charge >= 0.3 is 6.09 Å². The Bertz CT molecular complexity index is 1210. The molecular weight excluding hydrogens is 449 g/mol. The number of ether oxygens (including phenoxy) is 1. The molecule has 0 bridgehead atoms. The molecule has 2 N–H and O–H groups in total. The number of cyclic esters (lactones) is 1. The van der Waals surface area contributed by atoms with E-state index in [-0.39, 0.29) is 24.1 Å². The Balaban J connectivity index is 1.55. The van der Waals surface area contributed by atoms with E-state index in [0.717, 1.165) is 5.56 Å².